The molecule has 0 heterocycles. The topological polar surface area (TPSA) is 231 Å². The molecule has 8 N–H and O–H groups in total. The van der Waals surface area contributed by atoms with Crippen LogP contribution in [0.25, 0.3) is 0 Å². The molecule has 0 saturated heterocycles. The van der Waals surface area contributed by atoms with Crippen LogP contribution >= 0.6 is 0 Å². The van der Waals surface area contributed by atoms with Crippen LogP contribution in [0.4, 0.5) is 0 Å². The molecule has 0 aliphatic heterocycles. The van der Waals surface area contributed by atoms with Crippen molar-refractivity contribution in [3.8, 4) is 0 Å². The van der Waals surface area contributed by atoms with Crippen LogP contribution in [0.3, 0.4) is 0 Å². The Balaban J connectivity index is -0.0000000750. The van der Waals surface area contributed by atoms with E-state index in [1.165, 1.54) is 0 Å². The van der Waals surface area contributed by atoms with Gasteiger partial charge in [-0.3, -0.25) is 0 Å². The van der Waals surface area contributed by atoms with Gasteiger partial charge in [-0.25, -0.2) is 28.8 Å². The molecule has 20 heavy (non-hydrogen) atoms. The molecule has 0 spiro atoms. The fourth-order valence-electron chi connectivity index (χ4n) is 0.339. The summed E-state index contributed by atoms with van der Waals surface area (Å²) in [5, 5.41) is 15.9. The molecule has 0 aromatic heterocycles. The SMILES string of the molecule is N.N.O=C(O)C(=O)OC(=O)C(=O)OC(=O)C(=O)O.[H-].[H-].[K+].[K+]. The molecule has 0 aliphatic carbocycles. The Labute approximate surface area is 198 Å². The number of carboxylic acid groups (broad SMARTS) is 2. The van der Waals surface area contributed by atoms with Gasteiger partial charge in [0.25, 0.3) is 0 Å². The number of carbonyl (C=O) groups excluding carboxylic acids is 4. The zero-order valence-corrected chi connectivity index (χ0v) is 16.8. The molecule has 0 radical (unpaired) electrons. The number of hydrogen-bond donors (Lipinski definition) is 4. The summed E-state index contributed by atoms with van der Waals surface area (Å²) in [6.45, 7) is 0. The fourth-order valence-corrected chi connectivity index (χ4v) is 0.339. The van der Waals surface area contributed by atoms with Gasteiger partial charge >= 0.3 is 139 Å². The van der Waals surface area contributed by atoms with E-state index in [1.54, 1.807) is 0 Å². The van der Waals surface area contributed by atoms with Crippen molar-refractivity contribution in [2.75, 3.05) is 0 Å². The standard InChI is InChI=1S/C6H2O10.2K.2H3N.2H/c7-1(8)3(11)15-5(13)6(14)16-4(12)2(9)10;;;;;;/h(H,7,8)(H,9,10);;;2*1H3;;/q;2*+1;;;2*-1. The molecule has 0 rings (SSSR count). The Hall–Kier alpha value is 0.413. The summed E-state index contributed by atoms with van der Waals surface area (Å²) < 4.78 is 6.71. The molecule has 12 nitrogen and oxygen atoms in total. The van der Waals surface area contributed by atoms with Crippen LogP contribution in [0.1, 0.15) is 2.85 Å². The first-order valence-electron chi connectivity index (χ1n) is 3.24. The summed E-state index contributed by atoms with van der Waals surface area (Å²) in [5.74, 6) is -12.7. The van der Waals surface area contributed by atoms with Crippen molar-refractivity contribution in [3.63, 3.8) is 0 Å². The number of aliphatic carboxylic acids is 2. The van der Waals surface area contributed by atoms with Crippen molar-refractivity contribution in [1.82, 2.24) is 12.3 Å². The quantitative estimate of drug-likeness (QED) is 0.138. The predicted octanol–water partition coefficient (Wildman–Crippen LogP) is -8.15. The average Bonchev–Trinajstić information content (AvgIpc) is 2.16. The van der Waals surface area contributed by atoms with Gasteiger partial charge in [0, 0.05) is 0 Å². The van der Waals surface area contributed by atoms with E-state index in [-0.39, 0.29) is 118 Å². The van der Waals surface area contributed by atoms with E-state index >= 15 is 0 Å². The molecule has 0 atom stereocenters. The van der Waals surface area contributed by atoms with E-state index < -0.39 is 35.8 Å². The van der Waals surface area contributed by atoms with Gasteiger partial charge in [0.2, 0.25) is 0 Å². The third-order valence-electron chi connectivity index (χ3n) is 0.887. The zero-order valence-electron chi connectivity index (χ0n) is 12.6. The average molecular weight is 348 g/mol. The predicted molar refractivity (Wildman–Crippen MR) is 49.7 cm³/mol. The van der Waals surface area contributed by atoms with Gasteiger partial charge < -0.3 is 34.8 Å². The number of hydrogen-bond acceptors (Lipinski definition) is 10. The number of carbonyl (C=O) groups is 6. The Kier molecular flexibility index (Phi) is 25.6. The number of rotatable bonds is 0. The Morgan fingerprint density at radius 1 is 0.600 bits per heavy atom. The molecule has 0 saturated carbocycles. The van der Waals surface area contributed by atoms with Crippen LogP contribution in [-0.2, 0) is 38.2 Å². The zero-order chi connectivity index (χ0) is 12.9. The maximum absolute atomic E-state index is 10.5. The first-order chi connectivity index (χ1) is 7.25. The molecule has 0 aromatic carbocycles. The Morgan fingerprint density at radius 3 is 0.950 bits per heavy atom. The van der Waals surface area contributed by atoms with Gasteiger partial charge in [-0.05, 0) is 0 Å². The summed E-state index contributed by atoms with van der Waals surface area (Å²) in [5.41, 5.74) is 0. The van der Waals surface area contributed by atoms with Gasteiger partial charge in [-0.15, -0.1) is 0 Å². The van der Waals surface area contributed by atoms with Gasteiger partial charge in [0.1, 0.15) is 0 Å². The first kappa shape index (κ1) is 32.4. The van der Waals surface area contributed by atoms with Crippen LogP contribution in [0, 0.1) is 0 Å². The normalized spacial score (nSPS) is 7.00. The van der Waals surface area contributed by atoms with Gasteiger partial charge in [0.05, 0.1) is 0 Å². The molecule has 0 aromatic rings. The van der Waals surface area contributed by atoms with Gasteiger partial charge in [-0.2, -0.15) is 0 Å². The first-order valence-corrected chi connectivity index (χ1v) is 3.24. The van der Waals surface area contributed by atoms with Crippen molar-refractivity contribution in [1.29, 1.82) is 0 Å². The van der Waals surface area contributed by atoms with E-state index in [4.69, 9.17) is 10.2 Å². The van der Waals surface area contributed by atoms with E-state index in [2.05, 4.69) is 9.47 Å². The molecule has 0 unspecified atom stereocenters. The van der Waals surface area contributed by atoms with E-state index in [9.17, 15) is 28.8 Å². The second-order valence-electron chi connectivity index (χ2n) is 1.96. The summed E-state index contributed by atoms with van der Waals surface area (Å²) in [6.07, 6.45) is 0. The van der Waals surface area contributed by atoms with E-state index in [0.717, 1.165) is 0 Å². The van der Waals surface area contributed by atoms with Gasteiger partial charge in [-0.1, -0.05) is 0 Å². The summed E-state index contributed by atoms with van der Waals surface area (Å²) >= 11 is 0. The summed E-state index contributed by atoms with van der Waals surface area (Å²) in [4.78, 5) is 61.1. The second-order valence-corrected chi connectivity index (χ2v) is 1.96. The molecule has 106 valence electrons. The van der Waals surface area contributed by atoms with Crippen LogP contribution in [0.5, 0.6) is 0 Å². The smallest absolute Gasteiger partial charge is 1.00 e. The second kappa shape index (κ2) is 15.8. The molecule has 0 aliphatic rings. The van der Waals surface area contributed by atoms with Crippen LogP contribution in [0.15, 0.2) is 0 Å². The molecule has 0 bridgehead atoms. The van der Waals surface area contributed by atoms with Crippen molar-refractivity contribution in [2.24, 2.45) is 0 Å². The van der Waals surface area contributed by atoms with Crippen molar-refractivity contribution in [3.05, 3.63) is 0 Å². The molecular weight excluding hydrogens is 338 g/mol. The summed E-state index contributed by atoms with van der Waals surface area (Å²) in [6, 6.07) is 0. The van der Waals surface area contributed by atoms with Crippen LogP contribution < -0.4 is 115 Å². The van der Waals surface area contributed by atoms with Crippen LogP contribution in [-0.4, -0.2) is 46.0 Å². The number of carboxylic acids is 2. The maximum atomic E-state index is 10.5. The molecule has 0 fully saturated rings. The Morgan fingerprint density at radius 2 is 0.800 bits per heavy atom. The van der Waals surface area contributed by atoms with Crippen LogP contribution in [0.2, 0.25) is 0 Å². The fraction of sp³-hybridized carbons (Fsp3) is 0. The van der Waals surface area contributed by atoms with E-state index in [0.29, 0.717) is 0 Å². The maximum Gasteiger partial charge on any atom is 1.00 e. The van der Waals surface area contributed by atoms with Crippen molar-refractivity contribution in [2.45, 2.75) is 0 Å². The summed E-state index contributed by atoms with van der Waals surface area (Å²) in [7, 11) is 0. The third kappa shape index (κ3) is 13.4. The Bertz CT molecular complexity index is 380. The third-order valence-corrected chi connectivity index (χ3v) is 0.887. The largest absolute Gasteiger partial charge is 1.00 e. The minimum atomic E-state index is -2.16. The van der Waals surface area contributed by atoms with Gasteiger partial charge in [0.15, 0.2) is 0 Å². The minimum absolute atomic E-state index is 0. The number of esters is 4. The monoisotopic (exact) mass is 348 g/mol. The molecule has 14 heteroatoms. The number of ether oxygens (including phenoxy) is 2. The van der Waals surface area contributed by atoms with E-state index in [1.807, 2.05) is 0 Å². The molecular formula is C6H10K2N2O10. The van der Waals surface area contributed by atoms with Crippen molar-refractivity contribution >= 4 is 35.8 Å². The van der Waals surface area contributed by atoms with Crippen molar-refractivity contribution < 1.29 is 154 Å². The molecule has 0 amide bonds. The minimum Gasteiger partial charge on any atom is -1.00 e.